The van der Waals surface area contributed by atoms with Crippen LogP contribution in [0.2, 0.25) is 5.15 Å². The molecule has 0 spiro atoms. The Hall–Kier alpha value is -3.11. The molecule has 0 bridgehead atoms. The highest BCUT2D eigenvalue weighted by Crippen LogP contribution is 2.46. The standard InChI is InChI=1S/C34H45ClF2N6O6S/c1-33(2,3)49-32(46)38-24-18-31(45)43(19-24)26-8-10-28(11-9-26)50(47,48)42-14-12-40(13-15-42)30-17-23(16-29(35)39-30)34(36,37)22-4-6-25(7-5-22)41-20-27(44)21-41/h8-11,16-17,22,24-25,27,44H,4-7,12-15,18-21H2,1-3H3,(H,38,46)/t22?,24-,25?/m1/s1. The van der Waals surface area contributed by atoms with Crippen molar-refractivity contribution in [2.24, 2.45) is 5.92 Å². The zero-order valence-corrected chi connectivity index (χ0v) is 30.1. The van der Waals surface area contributed by atoms with Gasteiger partial charge in [-0.3, -0.25) is 9.69 Å². The van der Waals surface area contributed by atoms with E-state index in [9.17, 15) is 23.1 Å². The monoisotopic (exact) mass is 738 g/mol. The zero-order valence-electron chi connectivity index (χ0n) is 28.5. The van der Waals surface area contributed by atoms with Crippen molar-refractivity contribution in [1.29, 1.82) is 0 Å². The molecular weight excluding hydrogens is 694 g/mol. The first kappa shape index (κ1) is 36.7. The molecule has 50 heavy (non-hydrogen) atoms. The van der Waals surface area contributed by atoms with Gasteiger partial charge in [-0.1, -0.05) is 11.6 Å². The van der Waals surface area contributed by atoms with E-state index in [1.54, 1.807) is 37.8 Å². The minimum absolute atomic E-state index is 0.0426. The van der Waals surface area contributed by atoms with Crippen LogP contribution in [-0.4, -0.2) is 109 Å². The molecular formula is C34H45ClF2N6O6S. The maximum absolute atomic E-state index is 15.8. The lowest BCUT2D eigenvalue weighted by Gasteiger charge is -2.45. The number of rotatable bonds is 8. The Kier molecular flexibility index (Phi) is 10.4. The van der Waals surface area contributed by atoms with Gasteiger partial charge in [0.15, 0.2) is 0 Å². The fraction of sp³-hybridized carbons (Fsp3) is 0.618. The second-order valence-corrected chi connectivity index (χ2v) is 17.0. The first-order valence-electron chi connectivity index (χ1n) is 17.1. The molecule has 3 aliphatic heterocycles. The summed E-state index contributed by atoms with van der Waals surface area (Å²) in [5, 5.41) is 12.3. The van der Waals surface area contributed by atoms with Crippen LogP contribution < -0.4 is 15.1 Å². The number of aromatic nitrogens is 1. The number of nitrogens with one attached hydrogen (secondary N) is 1. The number of anilines is 2. The molecule has 1 aliphatic carbocycles. The van der Waals surface area contributed by atoms with Gasteiger partial charge >= 0.3 is 6.09 Å². The topological polar surface area (TPSA) is 136 Å². The number of nitrogens with zero attached hydrogens (tertiary/aromatic N) is 5. The zero-order chi connectivity index (χ0) is 36.0. The smallest absolute Gasteiger partial charge is 0.407 e. The number of likely N-dealkylation sites (tertiary alicyclic amines) is 1. The maximum atomic E-state index is 15.8. The average Bonchev–Trinajstić information content (AvgIpc) is 3.41. The predicted molar refractivity (Wildman–Crippen MR) is 184 cm³/mol. The van der Waals surface area contributed by atoms with Crippen molar-refractivity contribution in [3.05, 3.63) is 47.1 Å². The Morgan fingerprint density at radius 2 is 1.64 bits per heavy atom. The first-order valence-corrected chi connectivity index (χ1v) is 18.9. The summed E-state index contributed by atoms with van der Waals surface area (Å²) >= 11 is 6.27. The van der Waals surface area contributed by atoms with Gasteiger partial charge in [0, 0.05) is 75.4 Å². The molecule has 0 unspecified atom stereocenters. The number of amides is 2. The Bertz CT molecular complexity index is 1670. The molecule has 2 amide bonds. The number of ether oxygens (including phenoxy) is 1. The number of aliphatic hydroxyl groups is 1. The Morgan fingerprint density at radius 3 is 2.24 bits per heavy atom. The molecule has 4 heterocycles. The molecule has 6 rings (SSSR count). The molecule has 4 aliphatic rings. The van der Waals surface area contributed by atoms with Crippen molar-refractivity contribution < 1.29 is 36.6 Å². The second-order valence-electron chi connectivity index (χ2n) is 14.7. The van der Waals surface area contributed by atoms with Crippen molar-refractivity contribution in [2.45, 2.75) is 87.5 Å². The van der Waals surface area contributed by atoms with Crippen LogP contribution in [-0.2, 0) is 25.5 Å². The summed E-state index contributed by atoms with van der Waals surface area (Å²) in [6.07, 6.45) is 1.22. The van der Waals surface area contributed by atoms with Crippen LogP contribution >= 0.6 is 11.6 Å². The van der Waals surface area contributed by atoms with E-state index in [1.807, 2.05) is 0 Å². The van der Waals surface area contributed by atoms with Crippen LogP contribution in [0.3, 0.4) is 0 Å². The van der Waals surface area contributed by atoms with Crippen LogP contribution in [0.5, 0.6) is 0 Å². The number of β-amino-alcohol motifs (C(OH)–C–C–N with tert-alkyl or cyclic N) is 1. The van der Waals surface area contributed by atoms with E-state index < -0.39 is 39.6 Å². The van der Waals surface area contributed by atoms with Gasteiger partial charge in [-0.25, -0.2) is 27.0 Å². The van der Waals surface area contributed by atoms with E-state index in [0.717, 1.165) is 0 Å². The van der Waals surface area contributed by atoms with Crippen molar-refractivity contribution in [3.63, 3.8) is 0 Å². The number of aliphatic hydroxyl groups excluding tert-OH is 1. The predicted octanol–water partition coefficient (Wildman–Crippen LogP) is 4.20. The van der Waals surface area contributed by atoms with Gasteiger partial charge in [-0.2, -0.15) is 4.31 Å². The maximum Gasteiger partial charge on any atom is 0.407 e. The summed E-state index contributed by atoms with van der Waals surface area (Å²) in [4.78, 5) is 34.7. The Labute approximate surface area is 296 Å². The highest BCUT2D eigenvalue weighted by molar-refractivity contribution is 7.89. The summed E-state index contributed by atoms with van der Waals surface area (Å²) < 4.78 is 65.4. The van der Waals surface area contributed by atoms with Crippen LogP contribution in [0.1, 0.15) is 58.4 Å². The summed E-state index contributed by atoms with van der Waals surface area (Å²) in [5.74, 6) is -3.85. The van der Waals surface area contributed by atoms with Crippen LogP contribution in [0.15, 0.2) is 41.3 Å². The van der Waals surface area contributed by atoms with E-state index >= 15 is 8.78 Å². The molecule has 4 fully saturated rings. The molecule has 2 aromatic rings. The summed E-state index contributed by atoms with van der Waals surface area (Å²) in [6.45, 7) is 7.38. The van der Waals surface area contributed by atoms with Gasteiger partial charge in [0.25, 0.3) is 5.92 Å². The normalized spacial score (nSPS) is 24.7. The number of pyridine rings is 1. The van der Waals surface area contributed by atoms with Crippen molar-refractivity contribution in [2.75, 3.05) is 55.6 Å². The third kappa shape index (κ3) is 8.01. The number of sulfonamides is 1. The van der Waals surface area contributed by atoms with E-state index in [-0.39, 0.29) is 78.6 Å². The third-order valence-electron chi connectivity index (χ3n) is 9.98. The lowest BCUT2D eigenvalue weighted by Crippen LogP contribution is -2.56. The van der Waals surface area contributed by atoms with Gasteiger partial charge in [-0.05, 0) is 82.9 Å². The fourth-order valence-electron chi connectivity index (χ4n) is 7.30. The highest BCUT2D eigenvalue weighted by Gasteiger charge is 2.45. The minimum atomic E-state index is -3.89. The van der Waals surface area contributed by atoms with Crippen molar-refractivity contribution >= 4 is 45.1 Å². The summed E-state index contributed by atoms with van der Waals surface area (Å²) in [6, 6.07) is 8.41. The number of carbonyl (C=O) groups excluding carboxylic acids is 2. The van der Waals surface area contributed by atoms with E-state index in [4.69, 9.17) is 16.3 Å². The van der Waals surface area contributed by atoms with Crippen LogP contribution in [0.4, 0.5) is 25.1 Å². The van der Waals surface area contributed by atoms with Crippen molar-refractivity contribution in [3.8, 4) is 0 Å². The number of hydrogen-bond donors (Lipinski definition) is 2. The Balaban J connectivity index is 1.05. The van der Waals surface area contributed by atoms with Crippen molar-refractivity contribution in [1.82, 2.24) is 19.5 Å². The summed E-state index contributed by atoms with van der Waals surface area (Å²) in [5.41, 5.74) is -0.349. The fourth-order valence-corrected chi connectivity index (χ4v) is 8.92. The molecule has 1 aromatic carbocycles. The molecule has 1 saturated carbocycles. The number of carbonyl (C=O) groups is 2. The molecule has 1 atom stereocenters. The number of piperazine rings is 1. The molecule has 0 radical (unpaired) electrons. The van der Waals surface area contributed by atoms with Gasteiger partial charge in [0.1, 0.15) is 16.6 Å². The van der Waals surface area contributed by atoms with Gasteiger partial charge in [-0.15, -0.1) is 0 Å². The van der Waals surface area contributed by atoms with Crippen LogP contribution in [0.25, 0.3) is 0 Å². The van der Waals surface area contributed by atoms with Gasteiger partial charge in [0.2, 0.25) is 15.9 Å². The number of halogens is 3. The van der Waals surface area contributed by atoms with E-state index in [1.165, 1.54) is 33.5 Å². The number of benzene rings is 1. The molecule has 1 aromatic heterocycles. The molecule has 16 heteroatoms. The SMILES string of the molecule is CC(C)(C)OC(=O)N[C@@H]1CC(=O)N(c2ccc(S(=O)(=O)N3CCN(c4cc(C(F)(F)C5CCC(N6CC(O)C6)CC5)cc(Cl)n4)CC3)cc2)C1. The first-order chi connectivity index (χ1) is 23.5. The van der Waals surface area contributed by atoms with Gasteiger partial charge in [0.05, 0.1) is 17.0 Å². The molecule has 12 nitrogen and oxygen atoms in total. The molecule has 274 valence electrons. The van der Waals surface area contributed by atoms with Crippen LogP contribution in [0, 0.1) is 5.92 Å². The highest BCUT2D eigenvalue weighted by atomic mass is 35.5. The lowest BCUT2D eigenvalue weighted by molar-refractivity contribution is -0.117. The van der Waals surface area contributed by atoms with Gasteiger partial charge < -0.3 is 25.0 Å². The van der Waals surface area contributed by atoms with E-state index in [0.29, 0.717) is 44.5 Å². The second kappa shape index (κ2) is 14.1. The number of alkyl carbamates (subject to hydrolysis) is 1. The molecule has 3 saturated heterocycles. The number of hydrogen-bond acceptors (Lipinski definition) is 9. The lowest BCUT2D eigenvalue weighted by atomic mass is 9.79. The van der Waals surface area contributed by atoms with E-state index in [2.05, 4.69) is 15.2 Å². The third-order valence-corrected chi connectivity index (χ3v) is 12.1. The largest absolute Gasteiger partial charge is 0.444 e. The number of alkyl halides is 2. The summed E-state index contributed by atoms with van der Waals surface area (Å²) in [7, 11) is -3.89. The minimum Gasteiger partial charge on any atom is -0.444 e. The molecule has 2 N–H and O–H groups in total. The quantitative estimate of drug-likeness (QED) is 0.382. The average molecular weight is 739 g/mol. The Morgan fingerprint density at radius 1 is 1.00 bits per heavy atom.